The van der Waals surface area contributed by atoms with Gasteiger partial charge in [0.2, 0.25) is 0 Å². The summed E-state index contributed by atoms with van der Waals surface area (Å²) in [7, 11) is 0. The lowest BCUT2D eigenvalue weighted by molar-refractivity contribution is 0.397. The molecule has 5 nitrogen and oxygen atoms in total. The summed E-state index contributed by atoms with van der Waals surface area (Å²) in [4.78, 5) is 12.4. The third-order valence-electron chi connectivity index (χ3n) is 3.73. The number of hydrogen-bond acceptors (Lipinski definition) is 4. The molecule has 0 aliphatic rings. The summed E-state index contributed by atoms with van der Waals surface area (Å²) in [6.45, 7) is 2.78. The molecule has 0 atom stereocenters. The van der Waals surface area contributed by atoms with Gasteiger partial charge in [0.15, 0.2) is 5.65 Å². The fraction of sp³-hybridized carbons (Fsp3) is 0.312. The van der Waals surface area contributed by atoms with Crippen molar-refractivity contribution in [3.63, 3.8) is 0 Å². The van der Waals surface area contributed by atoms with Gasteiger partial charge in [-0.1, -0.05) is 43.0 Å². The van der Waals surface area contributed by atoms with Crippen LogP contribution in [0.25, 0.3) is 22.3 Å². The fourth-order valence-corrected chi connectivity index (χ4v) is 3.08. The molecule has 23 heavy (non-hydrogen) atoms. The Labute approximate surface area is 143 Å². The van der Waals surface area contributed by atoms with Crippen LogP contribution in [0.4, 0.5) is 0 Å². The molecule has 0 saturated carbocycles. The number of fused-ring (bicyclic) bond motifs is 1. The number of hydrogen-bond donors (Lipinski definition) is 1. The molecule has 3 rings (SSSR count). The average molecular weight is 351 g/mol. The van der Waals surface area contributed by atoms with E-state index in [4.69, 9.17) is 23.2 Å². The molecule has 0 amide bonds. The smallest absolute Gasteiger partial charge is 0.296 e. The molecule has 0 unspecified atom stereocenters. The van der Waals surface area contributed by atoms with Crippen molar-refractivity contribution in [2.24, 2.45) is 0 Å². The van der Waals surface area contributed by atoms with Crippen molar-refractivity contribution < 1.29 is 5.11 Å². The van der Waals surface area contributed by atoms with Gasteiger partial charge in [0.25, 0.3) is 6.01 Å². The molecule has 0 saturated heterocycles. The average Bonchev–Trinajstić information content (AvgIpc) is 2.85. The van der Waals surface area contributed by atoms with Crippen LogP contribution < -0.4 is 0 Å². The number of halogens is 2. The minimum atomic E-state index is -0.0581. The summed E-state index contributed by atoms with van der Waals surface area (Å²) in [6, 6.07) is 1.74. The van der Waals surface area contributed by atoms with Gasteiger partial charge in [-0.2, -0.15) is 4.98 Å². The summed E-state index contributed by atoms with van der Waals surface area (Å²) in [5, 5.41) is 11.1. The van der Waals surface area contributed by atoms with Gasteiger partial charge in [-0.3, -0.25) is 9.55 Å². The van der Waals surface area contributed by atoms with Gasteiger partial charge < -0.3 is 5.11 Å². The number of nitrogens with zero attached hydrogens (tertiary/aromatic N) is 4. The first kappa shape index (κ1) is 16.0. The van der Waals surface area contributed by atoms with Gasteiger partial charge in [0, 0.05) is 36.3 Å². The lowest BCUT2D eigenvalue weighted by Crippen LogP contribution is -1.99. The number of aromatic hydroxyl groups is 1. The molecule has 0 bridgehead atoms. The zero-order chi connectivity index (χ0) is 16.4. The molecule has 0 spiro atoms. The van der Waals surface area contributed by atoms with E-state index in [1.807, 2.05) is 0 Å². The molecule has 3 aromatic rings. The van der Waals surface area contributed by atoms with Crippen molar-refractivity contribution in [3.05, 3.63) is 34.7 Å². The molecular formula is C16H16Cl2N4O. The highest BCUT2D eigenvalue weighted by Gasteiger charge is 2.20. The van der Waals surface area contributed by atoms with Crippen molar-refractivity contribution in [1.29, 1.82) is 0 Å². The Hall–Kier alpha value is -1.85. The summed E-state index contributed by atoms with van der Waals surface area (Å²) in [5.74, 6) is 0. The third-order valence-corrected chi connectivity index (χ3v) is 4.32. The van der Waals surface area contributed by atoms with E-state index in [1.165, 1.54) is 6.20 Å². The Kier molecular flexibility index (Phi) is 4.68. The van der Waals surface area contributed by atoms with Crippen molar-refractivity contribution in [1.82, 2.24) is 19.5 Å². The molecule has 3 heterocycles. The highest BCUT2D eigenvalue weighted by atomic mass is 35.5. The molecule has 0 radical (unpaired) electrons. The molecule has 0 aliphatic heterocycles. The van der Waals surface area contributed by atoms with Crippen LogP contribution in [0, 0.1) is 0 Å². The lowest BCUT2D eigenvalue weighted by Gasteiger charge is -2.11. The van der Waals surface area contributed by atoms with Crippen LogP contribution in [0.15, 0.2) is 24.7 Å². The van der Waals surface area contributed by atoms with Gasteiger partial charge in [-0.25, -0.2) is 4.98 Å². The lowest BCUT2D eigenvalue weighted by atomic mass is 10.1. The van der Waals surface area contributed by atoms with E-state index in [9.17, 15) is 5.11 Å². The van der Waals surface area contributed by atoms with Crippen molar-refractivity contribution in [3.8, 4) is 17.1 Å². The first-order valence-corrected chi connectivity index (χ1v) is 8.22. The van der Waals surface area contributed by atoms with Crippen LogP contribution >= 0.6 is 23.2 Å². The van der Waals surface area contributed by atoms with E-state index in [0.29, 0.717) is 33.3 Å². The maximum Gasteiger partial charge on any atom is 0.296 e. The Balaban J connectivity index is 2.24. The Bertz CT molecular complexity index is 847. The van der Waals surface area contributed by atoms with Crippen molar-refractivity contribution >= 4 is 34.4 Å². The number of unbranched alkanes of at least 4 members (excludes halogenated alkanes) is 2. The van der Waals surface area contributed by atoms with Crippen LogP contribution in [0.3, 0.4) is 0 Å². The maximum atomic E-state index is 10.2. The first-order valence-electron chi connectivity index (χ1n) is 7.47. The number of aryl methyl sites for hydroxylation is 1. The molecule has 3 aromatic heterocycles. The van der Waals surface area contributed by atoms with Gasteiger partial charge in [-0.15, -0.1) is 0 Å². The number of aromatic nitrogens is 4. The summed E-state index contributed by atoms with van der Waals surface area (Å²) in [5.41, 5.74) is 2.61. The maximum absolute atomic E-state index is 10.2. The third kappa shape index (κ3) is 2.99. The number of rotatable bonds is 5. The highest BCUT2D eigenvalue weighted by molar-refractivity contribution is 6.37. The predicted molar refractivity (Wildman–Crippen MR) is 92.0 cm³/mol. The molecule has 7 heteroatoms. The zero-order valence-electron chi connectivity index (χ0n) is 12.6. The molecule has 0 aromatic carbocycles. The predicted octanol–water partition coefficient (Wildman–Crippen LogP) is 4.70. The van der Waals surface area contributed by atoms with E-state index in [0.717, 1.165) is 24.8 Å². The standard InChI is InChI=1S/C16H16Cl2N4O/c1-2-3-4-7-22-14-13(10-5-6-19-8-11(10)17)12(18)9-20-15(14)21-16(22)23/h5-6,8-9H,2-4,7H2,1H3,(H,20,21,23). The molecule has 1 N–H and O–H groups in total. The summed E-state index contributed by atoms with van der Waals surface area (Å²) < 4.78 is 1.75. The SMILES string of the molecule is CCCCCn1c(O)nc2ncc(Cl)c(-c3ccncc3Cl)c21. The number of pyridine rings is 2. The monoisotopic (exact) mass is 350 g/mol. The van der Waals surface area contributed by atoms with E-state index < -0.39 is 0 Å². The van der Waals surface area contributed by atoms with Crippen LogP contribution in [0.5, 0.6) is 6.01 Å². The van der Waals surface area contributed by atoms with Crippen LogP contribution in [0.2, 0.25) is 10.0 Å². The first-order chi connectivity index (χ1) is 11.1. The van der Waals surface area contributed by atoms with Crippen LogP contribution in [-0.4, -0.2) is 24.6 Å². The summed E-state index contributed by atoms with van der Waals surface area (Å²) >= 11 is 12.7. The van der Waals surface area contributed by atoms with Gasteiger partial charge in [0.05, 0.1) is 15.6 Å². The quantitative estimate of drug-likeness (QED) is 0.677. The van der Waals surface area contributed by atoms with Crippen molar-refractivity contribution in [2.75, 3.05) is 0 Å². The highest BCUT2D eigenvalue weighted by Crippen LogP contribution is 2.38. The topological polar surface area (TPSA) is 63.8 Å². The van der Waals surface area contributed by atoms with Crippen molar-refractivity contribution in [2.45, 2.75) is 32.7 Å². The van der Waals surface area contributed by atoms with E-state index >= 15 is 0 Å². The summed E-state index contributed by atoms with van der Waals surface area (Å²) in [6.07, 6.45) is 7.84. The second-order valence-electron chi connectivity index (χ2n) is 5.28. The van der Waals surface area contributed by atoms with Crippen LogP contribution in [-0.2, 0) is 6.54 Å². The Morgan fingerprint density at radius 2 is 2.00 bits per heavy atom. The minimum Gasteiger partial charge on any atom is -0.480 e. The molecular weight excluding hydrogens is 335 g/mol. The van der Waals surface area contributed by atoms with Gasteiger partial charge in [-0.05, 0) is 12.5 Å². The fourth-order valence-electron chi connectivity index (χ4n) is 2.63. The molecule has 0 aliphatic carbocycles. The molecule has 120 valence electrons. The van der Waals surface area contributed by atoms with Crippen LogP contribution in [0.1, 0.15) is 26.2 Å². The van der Waals surface area contributed by atoms with E-state index in [-0.39, 0.29) is 6.01 Å². The normalized spacial score (nSPS) is 11.3. The molecule has 0 fully saturated rings. The van der Waals surface area contributed by atoms with E-state index in [2.05, 4.69) is 21.9 Å². The van der Waals surface area contributed by atoms with Gasteiger partial charge in [0.1, 0.15) is 0 Å². The second-order valence-corrected chi connectivity index (χ2v) is 6.09. The Morgan fingerprint density at radius 3 is 2.74 bits per heavy atom. The minimum absolute atomic E-state index is 0.0581. The van der Waals surface area contributed by atoms with Gasteiger partial charge >= 0.3 is 0 Å². The second kappa shape index (κ2) is 6.72. The number of imidazole rings is 1. The zero-order valence-corrected chi connectivity index (χ0v) is 14.1. The largest absolute Gasteiger partial charge is 0.480 e. The van der Waals surface area contributed by atoms with E-state index in [1.54, 1.807) is 23.0 Å². The Morgan fingerprint density at radius 1 is 1.17 bits per heavy atom.